The SMILES string of the molecule is c1cc(-c2ccncc2)cc(-c2cccc3c2oc2c(-c4cccc5c4sc4ccccc45)cccc23)c1. The van der Waals surface area contributed by atoms with Crippen LogP contribution >= 0.6 is 11.3 Å². The van der Waals surface area contributed by atoms with Gasteiger partial charge in [0.05, 0.1) is 0 Å². The Hall–Kier alpha value is -4.73. The lowest BCUT2D eigenvalue weighted by Gasteiger charge is -2.06. The fraction of sp³-hybridized carbons (Fsp3) is 0. The van der Waals surface area contributed by atoms with Crippen molar-refractivity contribution < 1.29 is 4.42 Å². The van der Waals surface area contributed by atoms with Crippen LogP contribution in [-0.2, 0) is 0 Å². The summed E-state index contributed by atoms with van der Waals surface area (Å²) in [6.07, 6.45) is 3.67. The van der Waals surface area contributed by atoms with Crippen molar-refractivity contribution in [3.05, 3.63) is 128 Å². The third kappa shape index (κ3) is 3.22. The van der Waals surface area contributed by atoms with Gasteiger partial charge in [0, 0.05) is 60.0 Å². The van der Waals surface area contributed by atoms with Gasteiger partial charge in [-0.1, -0.05) is 91.0 Å². The number of hydrogen-bond donors (Lipinski definition) is 0. The van der Waals surface area contributed by atoms with Crippen molar-refractivity contribution in [1.29, 1.82) is 0 Å². The van der Waals surface area contributed by atoms with Crippen LogP contribution in [0.25, 0.3) is 75.5 Å². The summed E-state index contributed by atoms with van der Waals surface area (Å²) >= 11 is 1.85. The first-order chi connectivity index (χ1) is 18.8. The van der Waals surface area contributed by atoms with Gasteiger partial charge in [-0.3, -0.25) is 4.98 Å². The number of benzene rings is 5. The van der Waals surface area contributed by atoms with Crippen molar-refractivity contribution in [2.75, 3.05) is 0 Å². The van der Waals surface area contributed by atoms with Crippen molar-refractivity contribution in [3.8, 4) is 33.4 Å². The van der Waals surface area contributed by atoms with Crippen LogP contribution < -0.4 is 0 Å². The van der Waals surface area contributed by atoms with E-state index < -0.39 is 0 Å². The highest BCUT2D eigenvalue weighted by molar-refractivity contribution is 7.26. The molecule has 0 saturated heterocycles. The normalized spacial score (nSPS) is 11.7. The first-order valence-corrected chi connectivity index (χ1v) is 13.5. The van der Waals surface area contributed by atoms with Crippen molar-refractivity contribution in [3.63, 3.8) is 0 Å². The molecule has 3 heterocycles. The third-order valence-electron chi connectivity index (χ3n) is 7.41. The molecule has 8 aromatic rings. The van der Waals surface area contributed by atoms with Gasteiger partial charge in [-0.2, -0.15) is 0 Å². The summed E-state index contributed by atoms with van der Waals surface area (Å²) in [7, 11) is 0. The van der Waals surface area contributed by atoms with Crippen molar-refractivity contribution in [2.24, 2.45) is 0 Å². The molecule has 0 amide bonds. The van der Waals surface area contributed by atoms with Gasteiger partial charge in [-0.05, 0) is 41.0 Å². The summed E-state index contributed by atoms with van der Waals surface area (Å²) < 4.78 is 9.39. The minimum absolute atomic E-state index is 0.922. The fourth-order valence-corrected chi connectivity index (χ4v) is 6.86. The summed E-state index contributed by atoms with van der Waals surface area (Å²) in [6, 6.07) is 41.0. The minimum Gasteiger partial charge on any atom is -0.455 e. The van der Waals surface area contributed by atoms with Gasteiger partial charge in [0.25, 0.3) is 0 Å². The Bertz CT molecular complexity index is 2140. The molecule has 0 radical (unpaired) electrons. The molecule has 0 unspecified atom stereocenters. The first kappa shape index (κ1) is 21.4. The number of pyridine rings is 1. The molecular formula is C35H21NOS. The molecule has 0 aliphatic rings. The number of thiophene rings is 1. The Morgan fingerprint density at radius 1 is 0.474 bits per heavy atom. The number of aromatic nitrogens is 1. The zero-order valence-electron chi connectivity index (χ0n) is 20.4. The zero-order chi connectivity index (χ0) is 25.1. The molecule has 0 bridgehead atoms. The summed E-state index contributed by atoms with van der Waals surface area (Å²) in [4.78, 5) is 4.17. The maximum Gasteiger partial charge on any atom is 0.143 e. The Balaban J connectivity index is 1.36. The largest absolute Gasteiger partial charge is 0.455 e. The van der Waals surface area contributed by atoms with E-state index in [-0.39, 0.29) is 0 Å². The molecule has 2 nitrogen and oxygen atoms in total. The molecule has 0 aliphatic carbocycles. The molecule has 3 aromatic heterocycles. The van der Waals surface area contributed by atoms with Gasteiger partial charge in [0.1, 0.15) is 11.2 Å². The molecule has 0 spiro atoms. The summed E-state index contributed by atoms with van der Waals surface area (Å²) in [5, 5.41) is 4.88. The van der Waals surface area contributed by atoms with Gasteiger partial charge in [-0.15, -0.1) is 11.3 Å². The van der Waals surface area contributed by atoms with Crippen LogP contribution in [0.5, 0.6) is 0 Å². The number of nitrogens with zero attached hydrogens (tertiary/aromatic N) is 1. The van der Waals surface area contributed by atoms with Crippen LogP contribution in [0, 0.1) is 0 Å². The van der Waals surface area contributed by atoms with Gasteiger partial charge in [-0.25, -0.2) is 0 Å². The van der Waals surface area contributed by atoms with E-state index in [2.05, 4.69) is 108 Å². The van der Waals surface area contributed by atoms with E-state index >= 15 is 0 Å². The first-order valence-electron chi connectivity index (χ1n) is 12.7. The Morgan fingerprint density at radius 3 is 1.95 bits per heavy atom. The second-order valence-electron chi connectivity index (χ2n) is 9.56. The van der Waals surface area contributed by atoms with Crippen LogP contribution in [0.2, 0.25) is 0 Å². The van der Waals surface area contributed by atoms with Crippen molar-refractivity contribution in [2.45, 2.75) is 0 Å². The highest BCUT2D eigenvalue weighted by Gasteiger charge is 2.18. The molecule has 38 heavy (non-hydrogen) atoms. The van der Waals surface area contributed by atoms with Gasteiger partial charge in [0.15, 0.2) is 0 Å². The molecule has 0 saturated carbocycles. The molecule has 8 rings (SSSR count). The number of para-hydroxylation sites is 2. The maximum absolute atomic E-state index is 6.79. The molecule has 3 heteroatoms. The smallest absolute Gasteiger partial charge is 0.143 e. The second kappa shape index (κ2) is 8.41. The molecule has 0 atom stereocenters. The van der Waals surface area contributed by atoms with E-state index in [1.165, 1.54) is 25.7 Å². The molecule has 178 valence electrons. The third-order valence-corrected chi connectivity index (χ3v) is 8.63. The second-order valence-corrected chi connectivity index (χ2v) is 10.6. The van der Waals surface area contributed by atoms with Crippen LogP contribution in [-0.4, -0.2) is 4.98 Å². The van der Waals surface area contributed by atoms with Crippen LogP contribution in [0.15, 0.2) is 132 Å². The maximum atomic E-state index is 6.79. The molecule has 0 N–H and O–H groups in total. The highest BCUT2D eigenvalue weighted by atomic mass is 32.1. The van der Waals surface area contributed by atoms with E-state index in [4.69, 9.17) is 4.42 Å². The van der Waals surface area contributed by atoms with Gasteiger partial charge in [0.2, 0.25) is 0 Å². The monoisotopic (exact) mass is 503 g/mol. The zero-order valence-corrected chi connectivity index (χ0v) is 21.2. The average molecular weight is 504 g/mol. The standard InChI is InChI=1S/C35H21NOS/c1-2-16-32-26(9-1)30-14-6-15-31(35(30)38-32)29-13-5-12-28-27-11-4-10-25(33(27)37-34(28)29)24-8-3-7-23(21-24)22-17-19-36-20-18-22/h1-21H. The van der Waals surface area contributed by atoms with Crippen LogP contribution in [0.3, 0.4) is 0 Å². The van der Waals surface area contributed by atoms with Gasteiger partial charge < -0.3 is 4.42 Å². The van der Waals surface area contributed by atoms with Gasteiger partial charge >= 0.3 is 0 Å². The summed E-state index contributed by atoms with van der Waals surface area (Å²) in [5.41, 5.74) is 8.75. The van der Waals surface area contributed by atoms with Crippen molar-refractivity contribution in [1.82, 2.24) is 4.98 Å². The van der Waals surface area contributed by atoms with E-state index in [1.807, 2.05) is 35.9 Å². The molecule has 5 aromatic carbocycles. The molecule has 0 fully saturated rings. The quantitative estimate of drug-likeness (QED) is 0.240. The van der Waals surface area contributed by atoms with Crippen molar-refractivity contribution >= 4 is 53.4 Å². The fourth-order valence-electron chi connectivity index (χ4n) is 5.63. The topological polar surface area (TPSA) is 26.0 Å². The van der Waals surface area contributed by atoms with E-state index in [0.717, 1.165) is 49.8 Å². The van der Waals surface area contributed by atoms with E-state index in [0.29, 0.717) is 0 Å². The summed E-state index contributed by atoms with van der Waals surface area (Å²) in [5.74, 6) is 0. The predicted molar refractivity (Wildman–Crippen MR) is 161 cm³/mol. The Kier molecular flexibility index (Phi) is 4.73. The number of hydrogen-bond acceptors (Lipinski definition) is 3. The average Bonchev–Trinajstić information content (AvgIpc) is 3.56. The number of fused-ring (bicyclic) bond motifs is 6. The number of rotatable bonds is 3. The minimum atomic E-state index is 0.922. The summed E-state index contributed by atoms with van der Waals surface area (Å²) in [6.45, 7) is 0. The number of furan rings is 1. The molecule has 0 aliphatic heterocycles. The van der Waals surface area contributed by atoms with E-state index in [1.54, 1.807) is 0 Å². The highest BCUT2D eigenvalue weighted by Crippen LogP contribution is 2.44. The predicted octanol–water partition coefficient (Wildman–Crippen LogP) is 10.3. The molecular weight excluding hydrogens is 482 g/mol. The van der Waals surface area contributed by atoms with Crippen LogP contribution in [0.1, 0.15) is 0 Å². The van der Waals surface area contributed by atoms with Crippen LogP contribution in [0.4, 0.5) is 0 Å². The van der Waals surface area contributed by atoms with E-state index in [9.17, 15) is 0 Å². The lowest BCUT2D eigenvalue weighted by atomic mass is 9.97. The Labute approximate surface area is 223 Å². The lowest BCUT2D eigenvalue weighted by Crippen LogP contribution is -1.82. The Morgan fingerprint density at radius 2 is 1.11 bits per heavy atom. The lowest BCUT2D eigenvalue weighted by molar-refractivity contribution is 0.671.